The first-order valence-corrected chi connectivity index (χ1v) is 5.98. The lowest BCUT2D eigenvalue weighted by atomic mass is 10.3. The van der Waals surface area contributed by atoms with Gasteiger partial charge in [-0.2, -0.15) is 0 Å². The molecule has 0 heterocycles. The van der Waals surface area contributed by atoms with Gasteiger partial charge in [0.2, 0.25) is 10.0 Å². The van der Waals surface area contributed by atoms with Crippen molar-refractivity contribution in [2.75, 3.05) is 24.2 Å². The van der Waals surface area contributed by atoms with Crippen LogP contribution in [0.3, 0.4) is 0 Å². The van der Waals surface area contributed by atoms with E-state index in [0.29, 0.717) is 11.4 Å². The molecule has 5 nitrogen and oxygen atoms in total. The number of sulfonamides is 1. The summed E-state index contributed by atoms with van der Waals surface area (Å²) in [5.41, 5.74) is 0.369. The van der Waals surface area contributed by atoms with Gasteiger partial charge in [0.15, 0.2) is 0 Å². The zero-order valence-corrected chi connectivity index (χ0v) is 9.12. The standard InChI is InChI=1S/C9H13NO4S/c1-14-9-5-3-2-4-8(9)10-15(12,13)7-6-11/h2-5,10-11H,6-7H2,1H3. The van der Waals surface area contributed by atoms with Crippen molar-refractivity contribution < 1.29 is 18.3 Å². The third kappa shape index (κ3) is 3.41. The second-order valence-corrected chi connectivity index (χ2v) is 4.69. The molecule has 0 radical (unpaired) electrons. The highest BCUT2D eigenvalue weighted by atomic mass is 32.2. The Morgan fingerprint density at radius 1 is 1.40 bits per heavy atom. The lowest BCUT2D eigenvalue weighted by Crippen LogP contribution is -2.19. The molecule has 6 heteroatoms. The number of para-hydroxylation sites is 2. The highest BCUT2D eigenvalue weighted by molar-refractivity contribution is 7.92. The van der Waals surface area contributed by atoms with E-state index in [2.05, 4.69) is 4.72 Å². The van der Waals surface area contributed by atoms with Crippen molar-refractivity contribution >= 4 is 15.7 Å². The van der Waals surface area contributed by atoms with Gasteiger partial charge < -0.3 is 9.84 Å². The summed E-state index contributed by atoms with van der Waals surface area (Å²) in [6.07, 6.45) is 0. The number of aliphatic hydroxyl groups excluding tert-OH is 1. The van der Waals surface area contributed by atoms with Gasteiger partial charge in [0.1, 0.15) is 5.75 Å². The number of rotatable bonds is 5. The van der Waals surface area contributed by atoms with E-state index in [0.717, 1.165) is 0 Å². The van der Waals surface area contributed by atoms with E-state index >= 15 is 0 Å². The van der Waals surface area contributed by atoms with E-state index in [9.17, 15) is 8.42 Å². The van der Waals surface area contributed by atoms with E-state index < -0.39 is 16.6 Å². The lowest BCUT2D eigenvalue weighted by molar-refractivity contribution is 0.320. The lowest BCUT2D eigenvalue weighted by Gasteiger charge is -2.10. The Morgan fingerprint density at radius 2 is 2.07 bits per heavy atom. The van der Waals surface area contributed by atoms with E-state index in [4.69, 9.17) is 9.84 Å². The molecule has 0 bridgehead atoms. The highest BCUT2D eigenvalue weighted by Crippen LogP contribution is 2.23. The van der Waals surface area contributed by atoms with Crippen LogP contribution in [-0.4, -0.2) is 33.0 Å². The predicted octanol–water partition coefficient (Wildman–Crippen LogP) is 0.429. The summed E-state index contributed by atoms with van der Waals surface area (Å²) in [6.45, 7) is -0.412. The quantitative estimate of drug-likeness (QED) is 0.770. The summed E-state index contributed by atoms with van der Waals surface area (Å²) in [5, 5.41) is 8.56. The topological polar surface area (TPSA) is 75.6 Å². The number of ether oxygens (including phenoxy) is 1. The highest BCUT2D eigenvalue weighted by Gasteiger charge is 2.11. The Kier molecular flexibility index (Phi) is 3.93. The van der Waals surface area contributed by atoms with Crippen molar-refractivity contribution in [3.8, 4) is 5.75 Å². The van der Waals surface area contributed by atoms with Crippen LogP contribution in [0.15, 0.2) is 24.3 Å². The number of nitrogens with one attached hydrogen (secondary N) is 1. The first kappa shape index (κ1) is 11.8. The fraction of sp³-hybridized carbons (Fsp3) is 0.333. The molecule has 0 atom stereocenters. The molecule has 0 saturated carbocycles. The molecule has 0 aliphatic carbocycles. The second-order valence-electron chi connectivity index (χ2n) is 2.84. The van der Waals surface area contributed by atoms with Crippen molar-refractivity contribution in [1.82, 2.24) is 0 Å². The Labute approximate surface area is 88.7 Å². The fourth-order valence-electron chi connectivity index (χ4n) is 1.07. The van der Waals surface area contributed by atoms with Crippen molar-refractivity contribution in [2.45, 2.75) is 0 Å². The third-order valence-corrected chi connectivity index (χ3v) is 2.98. The summed E-state index contributed by atoms with van der Waals surface area (Å²) in [5.74, 6) is 0.115. The van der Waals surface area contributed by atoms with Crippen LogP contribution in [-0.2, 0) is 10.0 Å². The number of aliphatic hydroxyl groups is 1. The maximum Gasteiger partial charge on any atom is 0.235 e. The van der Waals surface area contributed by atoms with E-state index in [1.807, 2.05) is 0 Å². The first-order chi connectivity index (χ1) is 7.09. The van der Waals surface area contributed by atoms with Gasteiger partial charge in [-0.3, -0.25) is 4.72 Å². The summed E-state index contributed by atoms with van der Waals surface area (Å²) >= 11 is 0. The summed E-state index contributed by atoms with van der Waals surface area (Å²) in [4.78, 5) is 0. The van der Waals surface area contributed by atoms with Crippen molar-refractivity contribution in [2.24, 2.45) is 0 Å². The number of methoxy groups -OCH3 is 1. The average molecular weight is 231 g/mol. The molecule has 0 aromatic heterocycles. The average Bonchev–Trinajstić information content (AvgIpc) is 2.17. The minimum atomic E-state index is -3.50. The predicted molar refractivity (Wildman–Crippen MR) is 57.5 cm³/mol. The molecule has 0 fully saturated rings. The largest absolute Gasteiger partial charge is 0.495 e. The molecule has 0 aliphatic heterocycles. The van der Waals surface area contributed by atoms with Crippen molar-refractivity contribution in [3.63, 3.8) is 0 Å². The maximum atomic E-state index is 11.3. The molecule has 1 aromatic carbocycles. The molecule has 1 aromatic rings. The normalized spacial score (nSPS) is 11.1. The summed E-state index contributed by atoms with van der Waals surface area (Å²) in [7, 11) is -2.04. The number of hydrogen-bond acceptors (Lipinski definition) is 4. The SMILES string of the molecule is COc1ccccc1NS(=O)(=O)CCO. The van der Waals surface area contributed by atoms with Crippen LogP contribution in [0.25, 0.3) is 0 Å². The maximum absolute atomic E-state index is 11.3. The van der Waals surface area contributed by atoms with Crippen molar-refractivity contribution in [3.05, 3.63) is 24.3 Å². The first-order valence-electron chi connectivity index (χ1n) is 4.33. The molecular weight excluding hydrogens is 218 g/mol. The van der Waals surface area contributed by atoms with E-state index in [1.54, 1.807) is 24.3 Å². The molecular formula is C9H13NO4S. The number of benzene rings is 1. The molecule has 0 spiro atoms. The molecule has 0 saturated heterocycles. The van der Waals surface area contributed by atoms with Crippen molar-refractivity contribution in [1.29, 1.82) is 0 Å². The van der Waals surface area contributed by atoms with Gasteiger partial charge in [0.25, 0.3) is 0 Å². The Bertz CT molecular complexity index is 416. The monoisotopic (exact) mass is 231 g/mol. The van der Waals surface area contributed by atoms with Gasteiger partial charge in [-0.15, -0.1) is 0 Å². The van der Waals surface area contributed by atoms with E-state index in [1.165, 1.54) is 7.11 Å². The van der Waals surface area contributed by atoms with Gasteiger partial charge in [-0.25, -0.2) is 8.42 Å². The Hall–Kier alpha value is -1.27. The minimum absolute atomic E-state index is 0.328. The number of anilines is 1. The summed E-state index contributed by atoms with van der Waals surface area (Å²) in [6, 6.07) is 6.67. The summed E-state index contributed by atoms with van der Waals surface area (Å²) < 4.78 is 30.0. The smallest absolute Gasteiger partial charge is 0.235 e. The van der Waals surface area contributed by atoms with Crippen LogP contribution < -0.4 is 9.46 Å². The zero-order chi connectivity index (χ0) is 11.3. The minimum Gasteiger partial charge on any atom is -0.495 e. The Morgan fingerprint density at radius 3 is 2.67 bits per heavy atom. The molecule has 15 heavy (non-hydrogen) atoms. The van der Waals surface area contributed by atoms with Gasteiger partial charge >= 0.3 is 0 Å². The fourth-order valence-corrected chi connectivity index (χ4v) is 1.91. The van der Waals surface area contributed by atoms with Crippen LogP contribution >= 0.6 is 0 Å². The van der Waals surface area contributed by atoms with Crippen LogP contribution in [0.5, 0.6) is 5.75 Å². The zero-order valence-electron chi connectivity index (χ0n) is 8.30. The van der Waals surface area contributed by atoms with Gasteiger partial charge in [0.05, 0.1) is 25.2 Å². The molecule has 0 unspecified atom stereocenters. The Balaban J connectivity index is 2.89. The number of hydrogen-bond donors (Lipinski definition) is 2. The van der Waals surface area contributed by atoms with Gasteiger partial charge in [-0.05, 0) is 12.1 Å². The van der Waals surface area contributed by atoms with Crippen LogP contribution in [0.1, 0.15) is 0 Å². The molecule has 2 N–H and O–H groups in total. The second kappa shape index (κ2) is 4.99. The van der Waals surface area contributed by atoms with Gasteiger partial charge in [0, 0.05) is 0 Å². The third-order valence-electron chi connectivity index (χ3n) is 1.73. The van der Waals surface area contributed by atoms with Gasteiger partial charge in [-0.1, -0.05) is 12.1 Å². The van der Waals surface area contributed by atoms with Crippen LogP contribution in [0.4, 0.5) is 5.69 Å². The molecule has 1 rings (SSSR count). The molecule has 0 aliphatic rings. The molecule has 84 valence electrons. The van der Waals surface area contributed by atoms with Crippen LogP contribution in [0, 0.1) is 0 Å². The van der Waals surface area contributed by atoms with E-state index in [-0.39, 0.29) is 5.75 Å². The van der Waals surface area contributed by atoms with Crippen LogP contribution in [0.2, 0.25) is 0 Å². The molecule has 0 amide bonds.